The Labute approximate surface area is 294 Å². The Morgan fingerprint density at radius 1 is 0.800 bits per heavy atom. The highest BCUT2D eigenvalue weighted by Gasteiger charge is 2.33. The molecule has 12 nitrogen and oxygen atoms in total. The molecule has 0 radical (unpaired) electrons. The predicted octanol–water partition coefficient (Wildman–Crippen LogP) is 5.46. The van der Waals surface area contributed by atoms with Gasteiger partial charge in [0, 0.05) is 6.42 Å². The number of thioether (sulfide) groups is 1. The fraction of sp³-hybridized carbons (Fsp3) is 0.216. The number of aromatic nitrogens is 3. The molecule has 0 spiro atoms. The average molecular weight is 693 g/mol. The second kappa shape index (κ2) is 16.1. The van der Waals surface area contributed by atoms with Crippen LogP contribution in [0.1, 0.15) is 29.4 Å². The van der Waals surface area contributed by atoms with Crippen molar-refractivity contribution >= 4 is 29.3 Å². The molecule has 0 saturated carbocycles. The van der Waals surface area contributed by atoms with Crippen LogP contribution in [0.15, 0.2) is 113 Å². The highest BCUT2D eigenvalue weighted by Crippen LogP contribution is 2.35. The number of rotatable bonds is 14. The van der Waals surface area contributed by atoms with Gasteiger partial charge in [0.2, 0.25) is 0 Å². The van der Waals surface area contributed by atoms with Gasteiger partial charge in [-0.25, -0.2) is 5.01 Å². The zero-order valence-corrected chi connectivity index (χ0v) is 28.6. The first kappa shape index (κ1) is 34.1. The molecule has 1 aromatic heterocycles. The summed E-state index contributed by atoms with van der Waals surface area (Å²) in [6.45, 7) is -0.0924. The molecule has 0 fully saturated rings. The summed E-state index contributed by atoms with van der Waals surface area (Å²) in [5, 5.41) is 18.5. The minimum absolute atomic E-state index is 0.0244. The summed E-state index contributed by atoms with van der Waals surface area (Å²) in [5.74, 6) is 2.58. The molecule has 6 rings (SSSR count). The van der Waals surface area contributed by atoms with Crippen LogP contribution in [-0.4, -0.2) is 71.0 Å². The monoisotopic (exact) mass is 692 g/mol. The number of methoxy groups -OCH3 is 3. The summed E-state index contributed by atoms with van der Waals surface area (Å²) in [6, 6.07) is 31.5. The van der Waals surface area contributed by atoms with E-state index in [9.17, 15) is 9.59 Å². The summed E-state index contributed by atoms with van der Waals surface area (Å²) in [5.41, 5.74) is 3.29. The van der Waals surface area contributed by atoms with E-state index in [1.165, 1.54) is 11.8 Å². The Hall–Kier alpha value is -5.82. The van der Waals surface area contributed by atoms with E-state index in [1.54, 1.807) is 43.0 Å². The van der Waals surface area contributed by atoms with Crippen molar-refractivity contribution in [3.05, 3.63) is 120 Å². The molecule has 50 heavy (non-hydrogen) atoms. The van der Waals surface area contributed by atoms with Gasteiger partial charge in [0.25, 0.3) is 11.8 Å². The van der Waals surface area contributed by atoms with Crippen molar-refractivity contribution in [2.45, 2.75) is 24.2 Å². The summed E-state index contributed by atoms with van der Waals surface area (Å²) < 4.78 is 23.7. The minimum atomic E-state index is -0.322. The quantitative estimate of drug-likeness (QED) is 0.151. The molecule has 1 atom stereocenters. The Kier molecular flexibility index (Phi) is 10.9. The highest BCUT2D eigenvalue weighted by molar-refractivity contribution is 7.99. The van der Waals surface area contributed by atoms with E-state index in [2.05, 4.69) is 15.5 Å². The smallest absolute Gasteiger partial charge is 0.258 e. The molecule has 1 N–H and O–H groups in total. The number of ether oxygens (including phenoxy) is 4. The minimum Gasteiger partial charge on any atom is -0.497 e. The second-order valence-corrected chi connectivity index (χ2v) is 12.0. The lowest BCUT2D eigenvalue weighted by Gasteiger charge is -2.22. The van der Waals surface area contributed by atoms with Crippen molar-refractivity contribution < 1.29 is 28.5 Å². The molecule has 13 heteroatoms. The van der Waals surface area contributed by atoms with Gasteiger partial charge in [0.15, 0.2) is 17.6 Å². The predicted molar refractivity (Wildman–Crippen MR) is 189 cm³/mol. The van der Waals surface area contributed by atoms with E-state index in [4.69, 9.17) is 24.0 Å². The summed E-state index contributed by atoms with van der Waals surface area (Å²) in [6.07, 6.45) is 0.532. The lowest BCUT2D eigenvalue weighted by Crippen LogP contribution is -2.29. The van der Waals surface area contributed by atoms with E-state index in [0.29, 0.717) is 34.6 Å². The van der Waals surface area contributed by atoms with Crippen LogP contribution in [0.2, 0.25) is 0 Å². The summed E-state index contributed by atoms with van der Waals surface area (Å²) in [4.78, 5) is 26.7. The van der Waals surface area contributed by atoms with Crippen molar-refractivity contribution in [2.24, 2.45) is 5.10 Å². The first-order chi connectivity index (χ1) is 24.5. The molecule has 5 aromatic rings. The maximum atomic E-state index is 14.0. The van der Waals surface area contributed by atoms with Crippen molar-refractivity contribution in [3.8, 4) is 28.7 Å². The third kappa shape index (κ3) is 7.90. The average Bonchev–Trinajstić information content (AvgIpc) is 3.81. The van der Waals surface area contributed by atoms with Crippen LogP contribution in [-0.2, 0) is 16.1 Å². The van der Waals surface area contributed by atoms with Gasteiger partial charge in [-0.15, -0.1) is 10.2 Å². The molecular weight excluding hydrogens is 657 g/mol. The van der Waals surface area contributed by atoms with E-state index in [1.807, 2.05) is 91.0 Å². The number of benzene rings is 4. The van der Waals surface area contributed by atoms with Crippen LogP contribution in [0.4, 0.5) is 0 Å². The van der Waals surface area contributed by atoms with Gasteiger partial charge >= 0.3 is 0 Å². The Balaban J connectivity index is 1.22. The zero-order chi connectivity index (χ0) is 34.9. The highest BCUT2D eigenvalue weighted by atomic mass is 32.2. The molecule has 0 saturated heterocycles. The van der Waals surface area contributed by atoms with Crippen LogP contribution >= 0.6 is 11.8 Å². The number of carbonyl (C=O) groups excluding carboxylic acids is 2. The molecule has 2 amide bonds. The number of carbonyl (C=O) groups is 2. The van der Waals surface area contributed by atoms with Gasteiger partial charge in [0.1, 0.15) is 23.0 Å². The van der Waals surface area contributed by atoms with Gasteiger partial charge in [-0.05, 0) is 71.8 Å². The number of amides is 2. The molecule has 1 aliphatic rings. The molecular formula is C37H36N6O6S. The van der Waals surface area contributed by atoms with Crippen molar-refractivity contribution in [3.63, 3.8) is 0 Å². The Bertz CT molecular complexity index is 1950. The first-order valence-electron chi connectivity index (χ1n) is 15.8. The van der Waals surface area contributed by atoms with E-state index < -0.39 is 0 Å². The summed E-state index contributed by atoms with van der Waals surface area (Å²) >= 11 is 1.22. The van der Waals surface area contributed by atoms with Gasteiger partial charge in [-0.2, -0.15) is 5.10 Å². The number of nitrogens with one attached hydrogen (secondary N) is 1. The fourth-order valence-electron chi connectivity index (χ4n) is 5.44. The standard InChI is InChI=1S/C37H36N6O6S/c1-46-27-17-13-25(14-18-27)30-21-32(26-15-19-28(47-2)20-16-26)43(41-30)36(45)24-50-37-40-39-34(42(37)31-11-7-8-12-33(31)48-3)22-38-35(44)23-49-29-9-5-4-6-10-29/h4-20,32H,21-24H2,1-3H3,(H,38,44)/t32-/m0/s1. The van der Waals surface area contributed by atoms with Gasteiger partial charge < -0.3 is 24.3 Å². The second-order valence-electron chi connectivity index (χ2n) is 11.1. The number of hydrogen-bond acceptors (Lipinski definition) is 10. The third-order valence-electron chi connectivity index (χ3n) is 8.00. The van der Waals surface area contributed by atoms with Crippen LogP contribution in [0.3, 0.4) is 0 Å². The maximum absolute atomic E-state index is 14.0. The normalized spacial score (nSPS) is 13.8. The third-order valence-corrected chi connectivity index (χ3v) is 8.91. The number of nitrogens with zero attached hydrogens (tertiary/aromatic N) is 5. The van der Waals surface area contributed by atoms with Gasteiger partial charge in [0.05, 0.1) is 51.1 Å². The summed E-state index contributed by atoms with van der Waals surface area (Å²) in [7, 11) is 4.81. The van der Waals surface area contributed by atoms with Crippen molar-refractivity contribution in [2.75, 3.05) is 33.7 Å². The van der Waals surface area contributed by atoms with Crippen LogP contribution < -0.4 is 24.3 Å². The molecule has 256 valence electrons. The largest absolute Gasteiger partial charge is 0.497 e. The Morgan fingerprint density at radius 3 is 2.18 bits per heavy atom. The lowest BCUT2D eigenvalue weighted by molar-refractivity contribution is -0.130. The number of para-hydroxylation sites is 3. The zero-order valence-electron chi connectivity index (χ0n) is 27.8. The van der Waals surface area contributed by atoms with E-state index in [-0.39, 0.29) is 36.8 Å². The molecule has 0 unspecified atom stereocenters. The van der Waals surface area contributed by atoms with Crippen molar-refractivity contribution in [1.29, 1.82) is 0 Å². The van der Waals surface area contributed by atoms with Crippen LogP contribution in [0, 0.1) is 0 Å². The lowest BCUT2D eigenvalue weighted by atomic mass is 9.98. The molecule has 1 aliphatic heterocycles. The van der Waals surface area contributed by atoms with E-state index >= 15 is 0 Å². The van der Waals surface area contributed by atoms with Crippen LogP contribution in [0.5, 0.6) is 23.0 Å². The molecule has 4 aromatic carbocycles. The van der Waals surface area contributed by atoms with E-state index in [0.717, 1.165) is 28.3 Å². The SMILES string of the molecule is COc1ccc(C2=NN(C(=O)CSc3nnc(CNC(=O)COc4ccccc4)n3-c3ccccc3OC)[C@H](c3ccc(OC)cc3)C2)cc1. The number of hydrogen-bond donors (Lipinski definition) is 1. The van der Waals surface area contributed by atoms with Gasteiger partial charge in [-0.1, -0.05) is 54.2 Å². The Morgan fingerprint density at radius 2 is 1.48 bits per heavy atom. The molecule has 0 aliphatic carbocycles. The maximum Gasteiger partial charge on any atom is 0.258 e. The molecule has 0 bridgehead atoms. The fourth-order valence-corrected chi connectivity index (χ4v) is 6.25. The molecule has 2 heterocycles. The first-order valence-corrected chi connectivity index (χ1v) is 16.8. The topological polar surface area (TPSA) is 129 Å². The van der Waals surface area contributed by atoms with Crippen LogP contribution in [0.25, 0.3) is 5.69 Å². The van der Waals surface area contributed by atoms with Crippen molar-refractivity contribution in [1.82, 2.24) is 25.1 Å². The van der Waals surface area contributed by atoms with Gasteiger partial charge in [-0.3, -0.25) is 14.2 Å². The number of hydrazone groups is 1.